The van der Waals surface area contributed by atoms with Crippen LogP contribution in [0.5, 0.6) is 0 Å². The van der Waals surface area contributed by atoms with Crippen LogP contribution in [0.1, 0.15) is 69.7 Å². The predicted octanol–water partition coefficient (Wildman–Crippen LogP) is 6.38. The van der Waals surface area contributed by atoms with Crippen molar-refractivity contribution in [3.63, 3.8) is 0 Å². The first kappa shape index (κ1) is 34.9. The molecule has 0 spiro atoms. The number of nitrogens with one attached hydrogen (secondary N) is 3. The van der Waals surface area contributed by atoms with E-state index in [4.69, 9.17) is 15.5 Å². The van der Waals surface area contributed by atoms with Crippen molar-refractivity contribution >= 4 is 39.7 Å². The van der Waals surface area contributed by atoms with Gasteiger partial charge >= 0.3 is 6.09 Å². The maximum atomic E-state index is 13.6. The van der Waals surface area contributed by atoms with E-state index in [1.807, 2.05) is 35.9 Å². The number of ether oxygens (including phenoxy) is 1. The molecule has 2 aromatic heterocycles. The Morgan fingerprint density at radius 1 is 0.923 bits per heavy atom. The monoisotopic (exact) mass is 702 g/mol. The number of aromatic amines is 2. The summed E-state index contributed by atoms with van der Waals surface area (Å²) in [5.41, 5.74) is 11.9. The number of amides is 3. The fourth-order valence-electron chi connectivity index (χ4n) is 7.61. The van der Waals surface area contributed by atoms with Crippen molar-refractivity contribution < 1.29 is 19.1 Å². The number of hydrogen-bond acceptors (Lipinski definition) is 7. The molecule has 3 amide bonds. The summed E-state index contributed by atoms with van der Waals surface area (Å²) in [7, 11) is 1.30. The molecule has 3 aromatic carbocycles. The third kappa shape index (κ3) is 6.78. The molecule has 2 aliphatic heterocycles. The highest BCUT2D eigenvalue weighted by Crippen LogP contribution is 2.35. The minimum absolute atomic E-state index is 0.0624. The number of carbonyl (C=O) groups is 3. The molecule has 0 bridgehead atoms. The van der Waals surface area contributed by atoms with Crippen LogP contribution >= 0.6 is 0 Å². The second-order valence-electron chi connectivity index (χ2n) is 14.2. The van der Waals surface area contributed by atoms with Crippen LogP contribution < -0.4 is 11.1 Å². The molecular weight excluding hydrogens is 656 g/mol. The van der Waals surface area contributed by atoms with E-state index in [0.29, 0.717) is 19.5 Å². The van der Waals surface area contributed by atoms with Crippen LogP contribution in [0.4, 0.5) is 4.79 Å². The van der Waals surface area contributed by atoms with Crippen LogP contribution in [0, 0.1) is 5.92 Å². The number of fused-ring (bicyclic) bond motifs is 2. The average molecular weight is 703 g/mol. The molecule has 2 saturated heterocycles. The van der Waals surface area contributed by atoms with Crippen LogP contribution in [-0.4, -0.2) is 79.9 Å². The number of imidazole rings is 2. The molecular formula is C40H46N8O4. The first-order valence-electron chi connectivity index (χ1n) is 18.1. The van der Waals surface area contributed by atoms with Gasteiger partial charge in [-0.3, -0.25) is 9.59 Å². The summed E-state index contributed by atoms with van der Waals surface area (Å²) >= 11 is 0. The molecule has 52 heavy (non-hydrogen) atoms. The van der Waals surface area contributed by atoms with E-state index < -0.39 is 18.2 Å². The summed E-state index contributed by atoms with van der Waals surface area (Å²) in [4.78, 5) is 58.8. The van der Waals surface area contributed by atoms with Gasteiger partial charge in [0.25, 0.3) is 0 Å². The number of H-pyrrole nitrogens is 2. The normalized spacial score (nSPS) is 18.6. The summed E-state index contributed by atoms with van der Waals surface area (Å²) in [6, 6.07) is 17.4. The van der Waals surface area contributed by atoms with Gasteiger partial charge in [-0.15, -0.1) is 6.58 Å². The van der Waals surface area contributed by atoms with Crippen molar-refractivity contribution in [3.8, 4) is 22.4 Å². The molecule has 0 aliphatic carbocycles. The topological polar surface area (TPSA) is 162 Å². The third-order valence-electron chi connectivity index (χ3n) is 10.4. The maximum absolute atomic E-state index is 13.6. The Morgan fingerprint density at radius 2 is 1.56 bits per heavy atom. The van der Waals surface area contributed by atoms with Crippen molar-refractivity contribution in [2.75, 3.05) is 20.2 Å². The first-order valence-corrected chi connectivity index (χ1v) is 18.1. The van der Waals surface area contributed by atoms with Crippen molar-refractivity contribution in [3.05, 3.63) is 85.1 Å². The number of nitrogens with two attached hydrogens (primary N) is 1. The number of methoxy groups -OCH3 is 1. The summed E-state index contributed by atoms with van der Waals surface area (Å²) in [5, 5.41) is 4.92. The van der Waals surface area contributed by atoms with Gasteiger partial charge in [0.2, 0.25) is 11.8 Å². The second-order valence-corrected chi connectivity index (χ2v) is 14.2. The van der Waals surface area contributed by atoms with Gasteiger partial charge in [0, 0.05) is 18.7 Å². The number of aromatic nitrogens is 4. The fourth-order valence-corrected chi connectivity index (χ4v) is 7.61. The molecule has 0 saturated carbocycles. The standard InChI is InChI=1S/C40H46N8O4/c1-5-8-29(41)38(49)47-17-6-9-33(47)36-42-22-32(45-36)28-14-13-24-19-25(11-12-26(24)20-28)27-15-16-30-31(21-27)44-37(43-30)34-10-7-18-48(34)39(50)35(23(2)3)46-40(51)52-4/h5,11-16,19-23,29,33-35H,1,6-10,17-18,41H2,2-4H3,(H,42,45)(H,43,44)(H,46,51)/t29-,33-,34-,35-/m0/s1. The van der Waals surface area contributed by atoms with E-state index in [-0.39, 0.29) is 29.8 Å². The summed E-state index contributed by atoms with van der Waals surface area (Å²) in [6.45, 7) is 8.81. The van der Waals surface area contributed by atoms with Gasteiger partial charge in [0.05, 0.1) is 48.2 Å². The molecule has 12 heteroatoms. The number of likely N-dealkylation sites (tertiary alicyclic amines) is 2. The highest BCUT2D eigenvalue weighted by molar-refractivity contribution is 5.92. The third-order valence-corrected chi connectivity index (χ3v) is 10.4. The summed E-state index contributed by atoms with van der Waals surface area (Å²) in [6.07, 6.45) is 6.76. The molecule has 2 aliphatic rings. The zero-order valence-electron chi connectivity index (χ0n) is 29.9. The molecule has 4 atom stereocenters. The summed E-state index contributed by atoms with van der Waals surface area (Å²) < 4.78 is 4.77. The lowest BCUT2D eigenvalue weighted by molar-refractivity contribution is -0.135. The number of benzene rings is 3. The lowest BCUT2D eigenvalue weighted by Gasteiger charge is -2.29. The van der Waals surface area contributed by atoms with Crippen molar-refractivity contribution in [1.82, 2.24) is 35.1 Å². The van der Waals surface area contributed by atoms with Crippen LogP contribution in [0.25, 0.3) is 44.2 Å². The number of carbonyl (C=O) groups excluding carboxylic acids is 3. The van der Waals surface area contributed by atoms with Crippen LogP contribution in [-0.2, 0) is 14.3 Å². The van der Waals surface area contributed by atoms with E-state index in [2.05, 4.69) is 75.4 Å². The quantitative estimate of drug-likeness (QED) is 0.123. The highest BCUT2D eigenvalue weighted by atomic mass is 16.5. The van der Waals surface area contributed by atoms with Gasteiger partial charge < -0.3 is 35.6 Å². The lowest BCUT2D eigenvalue weighted by Crippen LogP contribution is -2.51. The highest BCUT2D eigenvalue weighted by Gasteiger charge is 2.38. The average Bonchev–Trinajstić information content (AvgIpc) is 3.98. The van der Waals surface area contributed by atoms with E-state index >= 15 is 0 Å². The molecule has 270 valence electrons. The predicted molar refractivity (Wildman–Crippen MR) is 201 cm³/mol. The Balaban J connectivity index is 1.08. The molecule has 12 nitrogen and oxygen atoms in total. The molecule has 5 aromatic rings. The molecule has 4 heterocycles. The van der Waals surface area contributed by atoms with Gasteiger partial charge in [-0.25, -0.2) is 14.8 Å². The Hall–Kier alpha value is -5.49. The van der Waals surface area contributed by atoms with Crippen LogP contribution in [0.15, 0.2) is 73.4 Å². The van der Waals surface area contributed by atoms with Crippen molar-refractivity contribution in [2.24, 2.45) is 11.7 Å². The molecule has 5 N–H and O–H groups in total. The number of hydrogen-bond donors (Lipinski definition) is 4. The van der Waals surface area contributed by atoms with E-state index in [9.17, 15) is 14.4 Å². The van der Waals surface area contributed by atoms with Gasteiger partial charge in [-0.1, -0.05) is 50.3 Å². The molecule has 0 radical (unpaired) electrons. The smallest absolute Gasteiger partial charge is 0.407 e. The van der Waals surface area contributed by atoms with Gasteiger partial charge in [0.15, 0.2) is 0 Å². The zero-order valence-corrected chi connectivity index (χ0v) is 29.9. The van der Waals surface area contributed by atoms with Gasteiger partial charge in [-0.05, 0) is 84.2 Å². The van der Waals surface area contributed by atoms with Gasteiger partial charge in [0.1, 0.15) is 17.7 Å². The molecule has 0 unspecified atom stereocenters. The largest absolute Gasteiger partial charge is 0.453 e. The first-order chi connectivity index (χ1) is 25.1. The minimum atomic E-state index is -0.683. The van der Waals surface area contributed by atoms with Crippen LogP contribution in [0.2, 0.25) is 0 Å². The Labute approximate surface area is 302 Å². The van der Waals surface area contributed by atoms with Crippen molar-refractivity contribution in [1.29, 1.82) is 0 Å². The van der Waals surface area contributed by atoms with Gasteiger partial charge in [-0.2, -0.15) is 0 Å². The summed E-state index contributed by atoms with van der Waals surface area (Å²) in [5.74, 6) is 1.23. The number of nitrogens with zero attached hydrogens (tertiary/aromatic N) is 4. The minimum Gasteiger partial charge on any atom is -0.453 e. The molecule has 7 rings (SSSR count). The maximum Gasteiger partial charge on any atom is 0.407 e. The second kappa shape index (κ2) is 14.6. The molecule has 2 fully saturated rings. The van der Waals surface area contributed by atoms with Crippen molar-refractivity contribution in [2.45, 2.75) is 70.1 Å². The Bertz CT molecular complexity index is 2140. The van der Waals surface area contributed by atoms with E-state index in [0.717, 1.165) is 81.5 Å². The van der Waals surface area contributed by atoms with E-state index in [1.54, 1.807) is 6.08 Å². The zero-order chi connectivity index (χ0) is 36.5. The Kier molecular flexibility index (Phi) is 9.83. The lowest BCUT2D eigenvalue weighted by atomic mass is 9.99. The van der Waals surface area contributed by atoms with Crippen LogP contribution in [0.3, 0.4) is 0 Å². The Morgan fingerprint density at radius 3 is 2.25 bits per heavy atom. The fraction of sp³-hybridized carbons (Fsp3) is 0.375. The number of alkyl carbamates (subject to hydrolysis) is 1. The van der Waals surface area contributed by atoms with E-state index in [1.165, 1.54) is 7.11 Å². The number of rotatable bonds is 10. The SMILES string of the molecule is C=CC[C@H](N)C(=O)N1CCC[C@H]1c1ncc(-c2ccc3cc(-c4ccc5nc([C@@H]6CCCN6C(=O)[C@@H](NC(=O)OC)C(C)C)[nH]c5c4)ccc3c2)[nH]1.